The summed E-state index contributed by atoms with van der Waals surface area (Å²) >= 11 is 0. The van der Waals surface area contributed by atoms with Gasteiger partial charge in [-0.25, -0.2) is 4.79 Å². The fourth-order valence-electron chi connectivity index (χ4n) is 5.31. The molecule has 0 saturated carbocycles. The van der Waals surface area contributed by atoms with Crippen LogP contribution in [0.15, 0.2) is 82.5 Å². The molecular formula is C33H40N2O7Si. The van der Waals surface area contributed by atoms with Crippen molar-refractivity contribution in [1.82, 2.24) is 9.55 Å². The lowest BCUT2D eigenvalue weighted by Crippen LogP contribution is -2.49. The van der Waals surface area contributed by atoms with Crippen molar-refractivity contribution in [2.24, 2.45) is 0 Å². The number of nitrogens with one attached hydrogen (secondary N) is 1. The van der Waals surface area contributed by atoms with E-state index in [0.717, 1.165) is 29.3 Å². The van der Waals surface area contributed by atoms with Gasteiger partial charge in [-0.1, -0.05) is 87.4 Å². The second-order valence-electron chi connectivity index (χ2n) is 10.8. The fraction of sp³-hybridized carbons (Fsp3) is 0.424. The highest BCUT2D eigenvalue weighted by Gasteiger charge is 2.59. The van der Waals surface area contributed by atoms with Gasteiger partial charge in [0.05, 0.1) is 19.8 Å². The van der Waals surface area contributed by atoms with E-state index in [4.69, 9.17) is 18.9 Å². The number of H-pyrrole nitrogens is 1. The van der Waals surface area contributed by atoms with Crippen molar-refractivity contribution in [1.29, 1.82) is 0 Å². The largest absolute Gasteiger partial charge is 0.455 e. The Kier molecular flexibility index (Phi) is 10.9. The van der Waals surface area contributed by atoms with Crippen LogP contribution in [0.2, 0.25) is 18.1 Å². The molecule has 9 nitrogen and oxygen atoms in total. The smallest absolute Gasteiger partial charge is 0.330 e. The molecule has 1 aromatic heterocycles. The Balaban J connectivity index is 1.85. The molecule has 2 aromatic carbocycles. The quantitative estimate of drug-likeness (QED) is 0.183. The molecule has 0 spiro atoms. The first-order valence-corrected chi connectivity index (χ1v) is 17.3. The van der Waals surface area contributed by atoms with E-state index >= 15 is 0 Å². The van der Waals surface area contributed by atoms with Gasteiger partial charge >= 0.3 is 11.7 Å². The summed E-state index contributed by atoms with van der Waals surface area (Å²) < 4.78 is 26.6. The Labute approximate surface area is 253 Å². The average Bonchev–Trinajstić information content (AvgIpc) is 3.30. The van der Waals surface area contributed by atoms with Gasteiger partial charge in [-0.3, -0.25) is 19.1 Å². The number of carbonyl (C=O) groups excluding carboxylic acids is 1. The highest BCUT2D eigenvalue weighted by atomic mass is 28.3. The molecule has 43 heavy (non-hydrogen) atoms. The zero-order valence-electron chi connectivity index (χ0n) is 25.2. The number of rotatable bonds is 12. The van der Waals surface area contributed by atoms with E-state index in [1.54, 1.807) is 0 Å². The predicted molar refractivity (Wildman–Crippen MR) is 166 cm³/mol. The van der Waals surface area contributed by atoms with E-state index in [9.17, 15) is 14.4 Å². The van der Waals surface area contributed by atoms with Crippen LogP contribution in [0.4, 0.5) is 0 Å². The van der Waals surface area contributed by atoms with Crippen molar-refractivity contribution in [2.45, 2.75) is 83.1 Å². The van der Waals surface area contributed by atoms with E-state index in [1.165, 1.54) is 23.8 Å². The average molecular weight is 605 g/mol. The van der Waals surface area contributed by atoms with Crippen molar-refractivity contribution in [3.8, 4) is 11.5 Å². The van der Waals surface area contributed by atoms with Crippen LogP contribution >= 0.6 is 0 Å². The fourth-order valence-corrected chi connectivity index (χ4v) is 7.82. The summed E-state index contributed by atoms with van der Waals surface area (Å²) in [6, 6.07) is 23.4. The molecule has 1 aliphatic rings. The SMILES string of the molecule is CC[Si](C#C[C@]1(COCc2ccccc2)O[C@@H](n2ccc(=O)[nH]c2=O)C(OC(C)=O)C1OCc1ccccc1)(CC)CC. The molecule has 3 aromatic rings. The second-order valence-corrected chi connectivity index (χ2v) is 15.7. The third-order valence-corrected chi connectivity index (χ3v) is 12.8. The number of hydrogen-bond acceptors (Lipinski definition) is 7. The van der Waals surface area contributed by atoms with Crippen LogP contribution in [0.5, 0.6) is 0 Å². The van der Waals surface area contributed by atoms with Crippen LogP contribution in [0.3, 0.4) is 0 Å². The number of benzene rings is 2. The van der Waals surface area contributed by atoms with Crippen LogP contribution in [0, 0.1) is 11.5 Å². The Hall–Kier alpha value is -3.75. The maximum atomic E-state index is 13.0. The lowest BCUT2D eigenvalue weighted by Gasteiger charge is -2.31. The van der Waals surface area contributed by atoms with Gasteiger partial charge in [0, 0.05) is 19.2 Å². The summed E-state index contributed by atoms with van der Waals surface area (Å²) in [5, 5.41) is 0. The molecule has 1 fully saturated rings. The number of aromatic amines is 1. The van der Waals surface area contributed by atoms with Crippen LogP contribution in [-0.2, 0) is 37.0 Å². The minimum atomic E-state index is -2.00. The van der Waals surface area contributed by atoms with Gasteiger partial charge in [0.2, 0.25) is 0 Å². The molecule has 1 aliphatic heterocycles. The molecule has 2 unspecified atom stereocenters. The Morgan fingerprint density at radius 3 is 2.12 bits per heavy atom. The lowest BCUT2D eigenvalue weighted by atomic mass is 9.96. The van der Waals surface area contributed by atoms with E-state index in [1.807, 2.05) is 60.7 Å². The number of ether oxygens (including phenoxy) is 4. The van der Waals surface area contributed by atoms with Crippen molar-refractivity contribution in [3.05, 3.63) is 105 Å². The summed E-state index contributed by atoms with van der Waals surface area (Å²) in [7, 11) is -2.00. The summed E-state index contributed by atoms with van der Waals surface area (Å²) in [5.41, 5.74) is 2.84. The molecule has 1 N–H and O–H groups in total. The van der Waals surface area contributed by atoms with Crippen LogP contribution in [0.1, 0.15) is 45.0 Å². The zero-order chi connectivity index (χ0) is 30.9. The molecule has 228 valence electrons. The molecule has 0 radical (unpaired) electrons. The molecule has 1 saturated heterocycles. The molecule has 10 heteroatoms. The molecule has 0 bridgehead atoms. The molecule has 2 heterocycles. The Morgan fingerprint density at radius 1 is 0.953 bits per heavy atom. The number of aromatic nitrogens is 2. The van der Waals surface area contributed by atoms with Gasteiger partial charge in [0.1, 0.15) is 14.2 Å². The maximum absolute atomic E-state index is 13.0. The summed E-state index contributed by atoms with van der Waals surface area (Å²) in [4.78, 5) is 39.6. The van der Waals surface area contributed by atoms with Crippen LogP contribution in [0.25, 0.3) is 0 Å². The third-order valence-electron chi connectivity index (χ3n) is 8.07. The van der Waals surface area contributed by atoms with Crippen molar-refractivity contribution in [3.63, 3.8) is 0 Å². The topological polar surface area (TPSA) is 109 Å². The van der Waals surface area contributed by atoms with Crippen molar-refractivity contribution in [2.75, 3.05) is 6.61 Å². The normalized spacial score (nSPS) is 21.6. The first kappa shape index (κ1) is 32.2. The Bertz CT molecular complexity index is 1520. The second kappa shape index (κ2) is 14.6. The number of hydrogen-bond donors (Lipinski definition) is 1. The maximum Gasteiger partial charge on any atom is 0.330 e. The molecule has 0 aliphatic carbocycles. The van der Waals surface area contributed by atoms with Gasteiger partial charge in [0.15, 0.2) is 17.9 Å². The predicted octanol–water partition coefficient (Wildman–Crippen LogP) is 4.59. The number of nitrogens with zero attached hydrogens (tertiary/aromatic N) is 1. The van der Waals surface area contributed by atoms with Crippen LogP contribution in [-0.4, -0.2) is 48.0 Å². The molecule has 0 amide bonds. The van der Waals surface area contributed by atoms with Gasteiger partial charge in [-0.15, -0.1) is 5.54 Å². The van der Waals surface area contributed by atoms with E-state index in [2.05, 4.69) is 37.2 Å². The highest BCUT2D eigenvalue weighted by molar-refractivity contribution is 6.87. The third kappa shape index (κ3) is 7.80. The van der Waals surface area contributed by atoms with Gasteiger partial charge < -0.3 is 18.9 Å². The monoisotopic (exact) mass is 604 g/mol. The number of carbonyl (C=O) groups is 1. The van der Waals surface area contributed by atoms with E-state index < -0.39 is 49.3 Å². The van der Waals surface area contributed by atoms with Gasteiger partial charge in [0.25, 0.3) is 5.56 Å². The van der Waals surface area contributed by atoms with Gasteiger partial charge in [-0.05, 0) is 29.3 Å². The zero-order valence-corrected chi connectivity index (χ0v) is 26.2. The standard InChI is InChI=1S/C33H40N2O7Si/c1-5-43(6-2,7-3)21-19-33(24-39-22-26-14-10-8-11-15-26)30(40-23-27-16-12-9-13-17-27)29(41-25(4)36)31(42-33)35-20-18-28(37)34-32(35)38/h8-18,20,29-31H,5-7,22-24H2,1-4H3,(H,34,37,38)/t29?,30?,31-,33-/m1/s1. The first-order chi connectivity index (χ1) is 20.7. The molecular weight excluding hydrogens is 564 g/mol. The van der Waals surface area contributed by atoms with Crippen molar-refractivity contribution >= 4 is 14.0 Å². The summed E-state index contributed by atoms with van der Waals surface area (Å²) in [5.74, 6) is 2.88. The number of esters is 1. The minimum Gasteiger partial charge on any atom is -0.455 e. The molecule has 4 rings (SSSR count). The van der Waals surface area contributed by atoms with E-state index in [0.29, 0.717) is 6.61 Å². The van der Waals surface area contributed by atoms with Crippen molar-refractivity contribution < 1.29 is 23.7 Å². The van der Waals surface area contributed by atoms with Gasteiger partial charge in [-0.2, -0.15) is 0 Å². The minimum absolute atomic E-state index is 0.0116. The Morgan fingerprint density at radius 2 is 1.56 bits per heavy atom. The first-order valence-electron chi connectivity index (χ1n) is 14.7. The summed E-state index contributed by atoms with van der Waals surface area (Å²) in [6.45, 7) is 8.24. The highest BCUT2D eigenvalue weighted by Crippen LogP contribution is 2.41. The van der Waals surface area contributed by atoms with Crippen LogP contribution < -0.4 is 11.2 Å². The van der Waals surface area contributed by atoms with E-state index in [-0.39, 0.29) is 13.2 Å². The summed E-state index contributed by atoms with van der Waals surface area (Å²) in [6.07, 6.45) is -1.81. The lowest BCUT2D eigenvalue weighted by molar-refractivity contribution is -0.158. The molecule has 4 atom stereocenters.